The molecule has 0 bridgehead atoms. The van der Waals surface area contributed by atoms with E-state index in [4.69, 9.17) is 11.6 Å². The van der Waals surface area contributed by atoms with Gasteiger partial charge in [-0.15, -0.1) is 0 Å². The largest absolute Gasteiger partial charge is 0.281 e. The molecule has 0 saturated heterocycles. The van der Waals surface area contributed by atoms with Crippen LogP contribution in [0.1, 0.15) is 11.1 Å². The highest BCUT2D eigenvalue weighted by Crippen LogP contribution is 2.11. The molecule has 0 heterocycles. The first-order valence-electron chi connectivity index (χ1n) is 3.62. The van der Waals surface area contributed by atoms with E-state index in [2.05, 4.69) is 6.58 Å². The molecule has 0 aromatic heterocycles. The lowest BCUT2D eigenvalue weighted by Gasteiger charge is -2.00. The van der Waals surface area contributed by atoms with Gasteiger partial charge < -0.3 is 0 Å². The molecule has 0 amide bonds. The van der Waals surface area contributed by atoms with Crippen molar-refractivity contribution < 1.29 is 4.79 Å². The van der Waals surface area contributed by atoms with Crippen molar-refractivity contribution in [3.63, 3.8) is 0 Å². The van der Waals surface area contributed by atoms with Crippen molar-refractivity contribution in [2.45, 2.75) is 6.42 Å². The average molecular weight is 181 g/mol. The summed E-state index contributed by atoms with van der Waals surface area (Å²) in [5, 5.41) is -0.343. The zero-order chi connectivity index (χ0) is 8.97. The van der Waals surface area contributed by atoms with Gasteiger partial charge in [-0.2, -0.15) is 0 Å². The summed E-state index contributed by atoms with van der Waals surface area (Å²) in [7, 11) is 0. The molecule has 0 atom stereocenters. The monoisotopic (exact) mass is 180 g/mol. The van der Waals surface area contributed by atoms with Gasteiger partial charge in [0, 0.05) is 6.42 Å². The predicted octanol–water partition coefficient (Wildman–Crippen LogP) is 2.64. The van der Waals surface area contributed by atoms with Gasteiger partial charge in [0.15, 0.2) is 0 Å². The Morgan fingerprint density at radius 1 is 1.50 bits per heavy atom. The molecule has 0 radical (unpaired) electrons. The number of hydrogen-bond donors (Lipinski definition) is 0. The number of halogens is 1. The maximum Gasteiger partial charge on any atom is 0.226 e. The third-order valence-corrected chi connectivity index (χ3v) is 1.74. The molecule has 1 rings (SSSR count). The first-order valence-corrected chi connectivity index (χ1v) is 4.00. The SMILES string of the molecule is C=Cc1ccccc1CC(=O)Cl. The number of hydrogen-bond acceptors (Lipinski definition) is 1. The standard InChI is InChI=1S/C10H9ClO/c1-2-8-5-3-4-6-9(8)7-10(11)12/h2-6H,1,7H2. The lowest BCUT2D eigenvalue weighted by Crippen LogP contribution is -1.95. The molecule has 1 aromatic rings. The van der Waals surface area contributed by atoms with Gasteiger partial charge in [0.05, 0.1) is 0 Å². The van der Waals surface area contributed by atoms with Crippen LogP contribution in [0.2, 0.25) is 0 Å². The van der Waals surface area contributed by atoms with Gasteiger partial charge in [0.2, 0.25) is 5.24 Å². The molecule has 0 aliphatic carbocycles. The first kappa shape index (κ1) is 9.01. The van der Waals surface area contributed by atoms with Crippen LogP contribution in [0.15, 0.2) is 30.8 Å². The summed E-state index contributed by atoms with van der Waals surface area (Å²) >= 11 is 5.27. The summed E-state index contributed by atoms with van der Waals surface area (Å²) in [5.74, 6) is 0. The minimum absolute atomic E-state index is 0.268. The van der Waals surface area contributed by atoms with Crippen molar-refractivity contribution in [1.82, 2.24) is 0 Å². The molecular formula is C10H9ClO. The predicted molar refractivity (Wildman–Crippen MR) is 51.1 cm³/mol. The number of carbonyl (C=O) groups excluding carboxylic acids is 1. The van der Waals surface area contributed by atoms with Crippen LogP contribution in [-0.2, 0) is 11.2 Å². The quantitative estimate of drug-likeness (QED) is 0.654. The van der Waals surface area contributed by atoms with Gasteiger partial charge >= 0.3 is 0 Å². The van der Waals surface area contributed by atoms with Crippen molar-refractivity contribution in [3.8, 4) is 0 Å². The van der Waals surface area contributed by atoms with Crippen LogP contribution in [0.4, 0.5) is 0 Å². The molecule has 0 spiro atoms. The van der Waals surface area contributed by atoms with E-state index in [0.717, 1.165) is 11.1 Å². The second-order valence-corrected chi connectivity index (χ2v) is 2.86. The van der Waals surface area contributed by atoms with E-state index in [9.17, 15) is 4.79 Å². The highest BCUT2D eigenvalue weighted by Gasteiger charge is 2.01. The fraction of sp³-hybridized carbons (Fsp3) is 0.100. The Kier molecular flexibility index (Phi) is 3.06. The molecular weight excluding hydrogens is 172 g/mol. The molecule has 1 nitrogen and oxygen atoms in total. The Bertz CT molecular complexity index is 304. The van der Waals surface area contributed by atoms with E-state index in [-0.39, 0.29) is 11.7 Å². The highest BCUT2D eigenvalue weighted by molar-refractivity contribution is 6.63. The second kappa shape index (κ2) is 4.07. The number of benzene rings is 1. The van der Waals surface area contributed by atoms with Crippen molar-refractivity contribution in [2.75, 3.05) is 0 Å². The number of carbonyl (C=O) groups is 1. The lowest BCUT2D eigenvalue weighted by atomic mass is 10.1. The molecule has 1 aromatic carbocycles. The third kappa shape index (κ3) is 2.21. The van der Waals surface area contributed by atoms with Crippen molar-refractivity contribution >= 4 is 22.9 Å². The molecule has 0 saturated carbocycles. The van der Waals surface area contributed by atoms with E-state index in [1.807, 2.05) is 24.3 Å². The Labute approximate surface area is 76.7 Å². The molecule has 0 aliphatic rings. The van der Waals surface area contributed by atoms with E-state index >= 15 is 0 Å². The fourth-order valence-corrected chi connectivity index (χ4v) is 1.19. The summed E-state index contributed by atoms with van der Waals surface area (Å²) in [6.45, 7) is 3.64. The fourth-order valence-electron chi connectivity index (χ4n) is 1.04. The molecule has 62 valence electrons. The van der Waals surface area contributed by atoms with Gasteiger partial charge in [-0.25, -0.2) is 0 Å². The molecule has 0 fully saturated rings. The maximum atomic E-state index is 10.6. The summed E-state index contributed by atoms with van der Waals surface area (Å²) in [6.07, 6.45) is 1.99. The van der Waals surface area contributed by atoms with E-state index in [1.165, 1.54) is 0 Å². The van der Waals surface area contributed by atoms with Crippen LogP contribution in [0.25, 0.3) is 6.08 Å². The second-order valence-electron chi connectivity index (χ2n) is 2.43. The van der Waals surface area contributed by atoms with Gasteiger partial charge in [-0.05, 0) is 22.7 Å². The summed E-state index contributed by atoms with van der Waals surface area (Å²) < 4.78 is 0. The normalized spacial score (nSPS) is 9.42. The summed E-state index contributed by atoms with van der Waals surface area (Å²) in [4.78, 5) is 10.6. The smallest absolute Gasteiger partial charge is 0.226 e. The van der Waals surface area contributed by atoms with E-state index in [1.54, 1.807) is 6.08 Å². The first-order chi connectivity index (χ1) is 5.74. The van der Waals surface area contributed by atoms with Crippen LogP contribution in [0.3, 0.4) is 0 Å². The third-order valence-electron chi connectivity index (χ3n) is 1.60. The molecule has 2 heteroatoms. The van der Waals surface area contributed by atoms with E-state index in [0.29, 0.717) is 0 Å². The Morgan fingerprint density at radius 2 is 2.17 bits per heavy atom. The highest BCUT2D eigenvalue weighted by atomic mass is 35.5. The van der Waals surface area contributed by atoms with Crippen LogP contribution in [-0.4, -0.2) is 5.24 Å². The lowest BCUT2D eigenvalue weighted by molar-refractivity contribution is -0.111. The van der Waals surface area contributed by atoms with Crippen molar-refractivity contribution in [3.05, 3.63) is 42.0 Å². The Balaban J connectivity index is 2.96. The number of rotatable bonds is 3. The summed E-state index contributed by atoms with van der Waals surface area (Å²) in [5.41, 5.74) is 1.89. The summed E-state index contributed by atoms with van der Waals surface area (Å²) in [6, 6.07) is 7.56. The Morgan fingerprint density at radius 3 is 2.75 bits per heavy atom. The van der Waals surface area contributed by atoms with Crippen LogP contribution >= 0.6 is 11.6 Å². The minimum atomic E-state index is -0.343. The zero-order valence-corrected chi connectivity index (χ0v) is 7.34. The molecule has 12 heavy (non-hydrogen) atoms. The van der Waals surface area contributed by atoms with Gasteiger partial charge in [0.1, 0.15) is 0 Å². The molecule has 0 unspecified atom stereocenters. The van der Waals surface area contributed by atoms with E-state index < -0.39 is 0 Å². The van der Waals surface area contributed by atoms with Crippen molar-refractivity contribution in [2.24, 2.45) is 0 Å². The minimum Gasteiger partial charge on any atom is -0.281 e. The van der Waals surface area contributed by atoms with Crippen LogP contribution in [0, 0.1) is 0 Å². The zero-order valence-electron chi connectivity index (χ0n) is 6.59. The topological polar surface area (TPSA) is 17.1 Å². The van der Waals surface area contributed by atoms with Crippen molar-refractivity contribution in [1.29, 1.82) is 0 Å². The molecule has 0 N–H and O–H groups in total. The van der Waals surface area contributed by atoms with Crippen LogP contribution < -0.4 is 0 Å². The average Bonchev–Trinajstić information content (AvgIpc) is 2.04. The molecule has 0 aliphatic heterocycles. The van der Waals surface area contributed by atoms with Crippen LogP contribution in [0.5, 0.6) is 0 Å². The maximum absolute atomic E-state index is 10.6. The van der Waals surface area contributed by atoms with Gasteiger partial charge in [-0.1, -0.05) is 36.9 Å². The van der Waals surface area contributed by atoms with Gasteiger partial charge in [0.25, 0.3) is 0 Å². The van der Waals surface area contributed by atoms with Gasteiger partial charge in [-0.3, -0.25) is 4.79 Å². The Hall–Kier alpha value is -1.08.